The number of hydrogen-bond acceptors (Lipinski definition) is 6. The molecule has 0 aliphatic rings. The monoisotopic (exact) mass is 291 g/mol. The van der Waals surface area contributed by atoms with Gasteiger partial charge >= 0.3 is 0 Å². The molecule has 22 heavy (non-hydrogen) atoms. The van der Waals surface area contributed by atoms with E-state index in [1.807, 2.05) is 6.07 Å². The van der Waals surface area contributed by atoms with E-state index in [9.17, 15) is 10.1 Å². The first kappa shape index (κ1) is 13.5. The number of non-ortho nitro benzene ring substituents is 1. The maximum Gasteiger partial charge on any atom is 0.270 e. The molecule has 106 valence electrons. The van der Waals surface area contributed by atoms with E-state index in [4.69, 9.17) is 5.26 Å². The van der Waals surface area contributed by atoms with Crippen molar-refractivity contribution in [3.8, 4) is 6.07 Å². The van der Waals surface area contributed by atoms with E-state index in [-0.39, 0.29) is 5.69 Å². The fourth-order valence-electron chi connectivity index (χ4n) is 2.02. The fraction of sp³-hybridized carbons (Fsp3) is 0. The van der Waals surface area contributed by atoms with Crippen LogP contribution in [0.3, 0.4) is 0 Å². The van der Waals surface area contributed by atoms with Gasteiger partial charge in [0.15, 0.2) is 0 Å². The first-order valence-corrected chi connectivity index (χ1v) is 6.34. The first-order valence-electron chi connectivity index (χ1n) is 6.34. The van der Waals surface area contributed by atoms with E-state index in [0.717, 1.165) is 5.69 Å². The van der Waals surface area contributed by atoms with Gasteiger partial charge in [-0.3, -0.25) is 10.1 Å². The van der Waals surface area contributed by atoms with Crippen LogP contribution in [0.5, 0.6) is 0 Å². The van der Waals surface area contributed by atoms with Crippen LogP contribution in [0.2, 0.25) is 0 Å². The number of nitrogens with one attached hydrogen (secondary N) is 1. The zero-order valence-electron chi connectivity index (χ0n) is 11.2. The van der Waals surface area contributed by atoms with Crippen molar-refractivity contribution >= 4 is 28.1 Å². The van der Waals surface area contributed by atoms with Crippen molar-refractivity contribution in [2.75, 3.05) is 5.32 Å². The van der Waals surface area contributed by atoms with Crippen LogP contribution in [0, 0.1) is 21.4 Å². The number of nitro groups is 1. The van der Waals surface area contributed by atoms with E-state index in [2.05, 4.69) is 15.3 Å². The van der Waals surface area contributed by atoms with Gasteiger partial charge < -0.3 is 5.32 Å². The van der Waals surface area contributed by atoms with E-state index in [1.54, 1.807) is 30.3 Å². The van der Waals surface area contributed by atoms with Crippen LogP contribution in [-0.4, -0.2) is 14.9 Å². The lowest BCUT2D eigenvalue weighted by atomic mass is 10.2. The number of nitro benzene ring substituents is 1. The molecule has 0 aliphatic heterocycles. The molecule has 3 rings (SSSR count). The molecule has 0 radical (unpaired) electrons. The number of anilines is 2. The molecular formula is C15H9N5O2. The van der Waals surface area contributed by atoms with Crippen LogP contribution in [-0.2, 0) is 0 Å². The van der Waals surface area contributed by atoms with E-state index < -0.39 is 4.92 Å². The first-order chi connectivity index (χ1) is 10.7. The Balaban J connectivity index is 2.03. The van der Waals surface area contributed by atoms with Crippen molar-refractivity contribution in [1.29, 1.82) is 5.26 Å². The summed E-state index contributed by atoms with van der Waals surface area (Å²) in [6, 6.07) is 13.3. The molecule has 7 heteroatoms. The molecule has 0 unspecified atom stereocenters. The van der Waals surface area contributed by atoms with Gasteiger partial charge in [-0.25, -0.2) is 9.97 Å². The number of fused-ring (bicyclic) bond motifs is 1. The summed E-state index contributed by atoms with van der Waals surface area (Å²) in [6.07, 6.45) is 1.39. The number of rotatable bonds is 3. The predicted molar refractivity (Wildman–Crippen MR) is 80.6 cm³/mol. The number of nitrogens with zero attached hydrogens (tertiary/aromatic N) is 4. The summed E-state index contributed by atoms with van der Waals surface area (Å²) >= 11 is 0. The Labute approximate surface area is 125 Å². The van der Waals surface area contributed by atoms with Crippen LogP contribution in [0.25, 0.3) is 10.9 Å². The Morgan fingerprint density at radius 2 is 1.91 bits per heavy atom. The molecule has 3 aromatic rings. The Hall–Kier alpha value is -3.53. The van der Waals surface area contributed by atoms with Crippen LogP contribution < -0.4 is 5.32 Å². The lowest BCUT2D eigenvalue weighted by Crippen LogP contribution is -1.97. The summed E-state index contributed by atoms with van der Waals surface area (Å²) in [4.78, 5) is 18.7. The van der Waals surface area contributed by atoms with E-state index in [1.165, 1.54) is 18.5 Å². The highest BCUT2D eigenvalue weighted by Gasteiger charge is 2.10. The van der Waals surface area contributed by atoms with Gasteiger partial charge in [-0.2, -0.15) is 5.26 Å². The molecule has 2 aromatic carbocycles. The summed E-state index contributed by atoms with van der Waals surface area (Å²) in [6.45, 7) is 0. The van der Waals surface area contributed by atoms with E-state index >= 15 is 0 Å². The maximum atomic E-state index is 10.9. The Morgan fingerprint density at radius 3 is 2.59 bits per heavy atom. The normalized spacial score (nSPS) is 10.1. The summed E-state index contributed by atoms with van der Waals surface area (Å²) in [5, 5.41) is 23.3. The zero-order chi connectivity index (χ0) is 15.5. The molecule has 0 spiro atoms. The molecule has 1 aromatic heterocycles. The lowest BCUT2D eigenvalue weighted by molar-refractivity contribution is -0.384. The number of hydrogen-bond donors (Lipinski definition) is 1. The maximum absolute atomic E-state index is 10.9. The van der Waals surface area contributed by atoms with Gasteiger partial charge in [0.1, 0.15) is 12.1 Å². The smallest absolute Gasteiger partial charge is 0.270 e. The van der Waals surface area contributed by atoms with Gasteiger partial charge in [-0.15, -0.1) is 0 Å². The van der Waals surface area contributed by atoms with Gasteiger partial charge in [-0.05, 0) is 30.3 Å². The standard InChI is InChI=1S/C15H9N5O2/c16-8-10-1-3-11(4-2-10)19-15-13-7-12(20(21)22)5-6-14(13)17-9-18-15/h1-7,9H,(H,17,18,19). The highest BCUT2D eigenvalue weighted by molar-refractivity contribution is 5.92. The number of nitriles is 1. The molecule has 0 atom stereocenters. The molecule has 1 N–H and O–H groups in total. The third-order valence-electron chi connectivity index (χ3n) is 3.11. The summed E-state index contributed by atoms with van der Waals surface area (Å²) in [5.74, 6) is 0.471. The van der Waals surface area contributed by atoms with Gasteiger partial charge in [0, 0.05) is 23.2 Å². The van der Waals surface area contributed by atoms with Gasteiger partial charge in [-0.1, -0.05) is 0 Å². The molecule has 0 bridgehead atoms. The summed E-state index contributed by atoms with van der Waals surface area (Å²) < 4.78 is 0. The van der Waals surface area contributed by atoms with Crippen molar-refractivity contribution in [1.82, 2.24) is 9.97 Å². The van der Waals surface area contributed by atoms with Crippen LogP contribution in [0.15, 0.2) is 48.8 Å². The lowest BCUT2D eigenvalue weighted by Gasteiger charge is -2.08. The van der Waals surface area contributed by atoms with Crippen molar-refractivity contribution in [2.45, 2.75) is 0 Å². The average Bonchev–Trinajstić information content (AvgIpc) is 2.55. The van der Waals surface area contributed by atoms with Crippen molar-refractivity contribution in [2.24, 2.45) is 0 Å². The van der Waals surface area contributed by atoms with E-state index in [0.29, 0.717) is 22.3 Å². The average molecular weight is 291 g/mol. The number of benzene rings is 2. The zero-order valence-corrected chi connectivity index (χ0v) is 11.2. The summed E-state index contributed by atoms with van der Waals surface area (Å²) in [5.41, 5.74) is 1.86. The largest absolute Gasteiger partial charge is 0.340 e. The second kappa shape index (κ2) is 5.46. The van der Waals surface area contributed by atoms with Crippen LogP contribution in [0.4, 0.5) is 17.2 Å². The predicted octanol–water partition coefficient (Wildman–Crippen LogP) is 3.15. The fourth-order valence-corrected chi connectivity index (χ4v) is 2.02. The Morgan fingerprint density at radius 1 is 1.14 bits per heavy atom. The minimum Gasteiger partial charge on any atom is -0.340 e. The quantitative estimate of drug-likeness (QED) is 0.587. The molecule has 0 amide bonds. The van der Waals surface area contributed by atoms with Gasteiger partial charge in [0.2, 0.25) is 0 Å². The second-order valence-electron chi connectivity index (χ2n) is 4.49. The molecule has 0 fully saturated rings. The van der Waals surface area contributed by atoms with Gasteiger partial charge in [0.25, 0.3) is 5.69 Å². The molecule has 7 nitrogen and oxygen atoms in total. The molecule has 0 saturated heterocycles. The second-order valence-corrected chi connectivity index (χ2v) is 4.49. The minimum absolute atomic E-state index is 0.0230. The highest BCUT2D eigenvalue weighted by Crippen LogP contribution is 2.26. The highest BCUT2D eigenvalue weighted by atomic mass is 16.6. The van der Waals surface area contributed by atoms with Crippen LogP contribution in [0.1, 0.15) is 5.56 Å². The van der Waals surface area contributed by atoms with Crippen LogP contribution >= 0.6 is 0 Å². The third kappa shape index (κ3) is 2.53. The molecule has 0 aliphatic carbocycles. The Bertz CT molecular complexity index is 900. The van der Waals surface area contributed by atoms with Crippen molar-refractivity contribution in [3.63, 3.8) is 0 Å². The minimum atomic E-state index is -0.460. The van der Waals surface area contributed by atoms with Crippen molar-refractivity contribution in [3.05, 3.63) is 64.5 Å². The molecule has 0 saturated carbocycles. The number of aromatic nitrogens is 2. The topological polar surface area (TPSA) is 105 Å². The summed E-state index contributed by atoms with van der Waals surface area (Å²) in [7, 11) is 0. The molecular weight excluding hydrogens is 282 g/mol. The third-order valence-corrected chi connectivity index (χ3v) is 3.11. The SMILES string of the molecule is N#Cc1ccc(Nc2ncnc3ccc([N+](=O)[O-])cc23)cc1. The molecule has 1 heterocycles. The Kier molecular flexibility index (Phi) is 3.34. The van der Waals surface area contributed by atoms with Crippen molar-refractivity contribution < 1.29 is 4.92 Å². The van der Waals surface area contributed by atoms with Gasteiger partial charge in [0.05, 0.1) is 22.1 Å².